The van der Waals surface area contributed by atoms with Gasteiger partial charge >= 0.3 is 0 Å². The topological polar surface area (TPSA) is 38.0 Å². The largest absolute Gasteiger partial charge is 0.397 e. The standard InChI is InChI=1S/C13H19ClN2/c1-2-13(6-3-7-13)9-16-12-8-10(14)4-5-11(12)15/h4-5,8,16H,2-3,6-7,9,15H2,1H3. The van der Waals surface area contributed by atoms with E-state index in [0.717, 1.165) is 22.9 Å². The van der Waals surface area contributed by atoms with Crippen molar-refractivity contribution in [3.63, 3.8) is 0 Å². The van der Waals surface area contributed by atoms with E-state index in [1.807, 2.05) is 18.2 Å². The number of nitrogen functional groups attached to an aromatic ring is 1. The summed E-state index contributed by atoms with van der Waals surface area (Å²) in [7, 11) is 0. The maximum atomic E-state index is 5.95. The number of nitrogens with two attached hydrogens (primary N) is 1. The quantitative estimate of drug-likeness (QED) is 0.781. The highest BCUT2D eigenvalue weighted by molar-refractivity contribution is 6.31. The smallest absolute Gasteiger partial charge is 0.0589 e. The molecule has 2 rings (SSSR count). The number of hydrogen-bond acceptors (Lipinski definition) is 2. The molecule has 1 aliphatic rings. The zero-order valence-corrected chi connectivity index (χ0v) is 10.5. The molecule has 88 valence electrons. The molecule has 0 atom stereocenters. The van der Waals surface area contributed by atoms with Crippen molar-refractivity contribution in [3.8, 4) is 0 Å². The Bertz CT molecular complexity index is 367. The molecule has 0 aliphatic heterocycles. The highest BCUT2D eigenvalue weighted by Crippen LogP contribution is 2.44. The van der Waals surface area contributed by atoms with Crippen LogP contribution in [0.3, 0.4) is 0 Å². The molecule has 1 aliphatic carbocycles. The first kappa shape index (κ1) is 11.6. The van der Waals surface area contributed by atoms with Crippen LogP contribution in [0.1, 0.15) is 32.6 Å². The zero-order chi connectivity index (χ0) is 11.6. The Hall–Kier alpha value is -0.890. The Morgan fingerprint density at radius 3 is 2.75 bits per heavy atom. The Labute approximate surface area is 102 Å². The summed E-state index contributed by atoms with van der Waals surface area (Å²) in [5.41, 5.74) is 8.13. The Kier molecular flexibility index (Phi) is 3.29. The van der Waals surface area contributed by atoms with Crippen LogP contribution in [-0.4, -0.2) is 6.54 Å². The SMILES string of the molecule is CCC1(CNc2cc(Cl)ccc2N)CCC1. The molecule has 0 unspecified atom stereocenters. The zero-order valence-electron chi connectivity index (χ0n) is 9.72. The number of halogens is 1. The second-order valence-electron chi connectivity index (χ2n) is 4.79. The molecule has 1 fully saturated rings. The van der Waals surface area contributed by atoms with Crippen LogP contribution in [0.5, 0.6) is 0 Å². The Balaban J connectivity index is 2.01. The molecule has 0 radical (unpaired) electrons. The molecule has 1 saturated carbocycles. The van der Waals surface area contributed by atoms with Gasteiger partial charge in [0, 0.05) is 11.6 Å². The predicted molar refractivity (Wildman–Crippen MR) is 70.9 cm³/mol. The van der Waals surface area contributed by atoms with Gasteiger partial charge in [0.15, 0.2) is 0 Å². The maximum Gasteiger partial charge on any atom is 0.0589 e. The van der Waals surface area contributed by atoms with Gasteiger partial charge in [0.05, 0.1) is 11.4 Å². The van der Waals surface area contributed by atoms with E-state index >= 15 is 0 Å². The van der Waals surface area contributed by atoms with Gasteiger partial charge in [-0.1, -0.05) is 24.9 Å². The number of anilines is 2. The number of hydrogen-bond donors (Lipinski definition) is 2. The third kappa shape index (κ3) is 2.27. The monoisotopic (exact) mass is 238 g/mol. The van der Waals surface area contributed by atoms with Crippen molar-refractivity contribution >= 4 is 23.0 Å². The third-order valence-electron chi connectivity index (χ3n) is 3.83. The fourth-order valence-electron chi connectivity index (χ4n) is 2.30. The summed E-state index contributed by atoms with van der Waals surface area (Å²) < 4.78 is 0. The lowest BCUT2D eigenvalue weighted by molar-refractivity contribution is 0.145. The minimum Gasteiger partial charge on any atom is -0.397 e. The molecule has 0 aromatic heterocycles. The average Bonchev–Trinajstić information content (AvgIpc) is 2.22. The van der Waals surface area contributed by atoms with Gasteiger partial charge in [0.1, 0.15) is 0 Å². The summed E-state index contributed by atoms with van der Waals surface area (Å²) >= 11 is 5.95. The first-order valence-electron chi connectivity index (χ1n) is 5.94. The van der Waals surface area contributed by atoms with E-state index in [1.54, 1.807) is 0 Å². The summed E-state index contributed by atoms with van der Waals surface area (Å²) in [6.45, 7) is 3.27. The Morgan fingerprint density at radius 2 is 2.19 bits per heavy atom. The van der Waals surface area contributed by atoms with E-state index in [0.29, 0.717) is 5.41 Å². The van der Waals surface area contributed by atoms with Crippen LogP contribution in [0, 0.1) is 5.41 Å². The fraction of sp³-hybridized carbons (Fsp3) is 0.538. The molecule has 3 N–H and O–H groups in total. The number of rotatable bonds is 4. The molecule has 3 heteroatoms. The summed E-state index contributed by atoms with van der Waals surface area (Å²) in [4.78, 5) is 0. The van der Waals surface area contributed by atoms with E-state index in [4.69, 9.17) is 17.3 Å². The summed E-state index contributed by atoms with van der Waals surface area (Å²) in [5, 5.41) is 4.17. The van der Waals surface area contributed by atoms with E-state index in [2.05, 4.69) is 12.2 Å². The van der Waals surface area contributed by atoms with Crippen LogP contribution >= 0.6 is 11.6 Å². The molecule has 16 heavy (non-hydrogen) atoms. The predicted octanol–water partition coefficient (Wildman–Crippen LogP) is 3.91. The first-order valence-corrected chi connectivity index (χ1v) is 6.32. The van der Waals surface area contributed by atoms with Gasteiger partial charge in [-0.3, -0.25) is 0 Å². The summed E-state index contributed by atoms with van der Waals surface area (Å²) in [6.07, 6.45) is 5.26. The average molecular weight is 239 g/mol. The molecule has 1 aromatic carbocycles. The van der Waals surface area contributed by atoms with E-state index < -0.39 is 0 Å². The van der Waals surface area contributed by atoms with Crippen molar-refractivity contribution in [2.24, 2.45) is 5.41 Å². The van der Waals surface area contributed by atoms with Gasteiger partial charge in [0.2, 0.25) is 0 Å². The fourth-order valence-corrected chi connectivity index (χ4v) is 2.47. The number of benzene rings is 1. The Morgan fingerprint density at radius 1 is 1.44 bits per heavy atom. The lowest BCUT2D eigenvalue weighted by atomic mass is 9.67. The highest BCUT2D eigenvalue weighted by atomic mass is 35.5. The summed E-state index contributed by atoms with van der Waals surface area (Å²) in [5.74, 6) is 0. The minimum atomic E-state index is 0.495. The first-order chi connectivity index (χ1) is 7.65. The van der Waals surface area contributed by atoms with Crippen molar-refractivity contribution in [1.29, 1.82) is 0 Å². The lowest BCUT2D eigenvalue weighted by Gasteiger charge is -2.41. The van der Waals surface area contributed by atoms with Gasteiger partial charge < -0.3 is 11.1 Å². The highest BCUT2D eigenvalue weighted by Gasteiger charge is 2.34. The van der Waals surface area contributed by atoms with Crippen molar-refractivity contribution in [2.45, 2.75) is 32.6 Å². The van der Waals surface area contributed by atoms with Crippen LogP contribution < -0.4 is 11.1 Å². The second kappa shape index (κ2) is 4.54. The van der Waals surface area contributed by atoms with Crippen molar-refractivity contribution in [2.75, 3.05) is 17.6 Å². The third-order valence-corrected chi connectivity index (χ3v) is 4.07. The van der Waals surface area contributed by atoms with E-state index in [9.17, 15) is 0 Å². The van der Waals surface area contributed by atoms with Crippen molar-refractivity contribution in [3.05, 3.63) is 23.2 Å². The van der Waals surface area contributed by atoms with Crippen LogP contribution in [0.25, 0.3) is 0 Å². The van der Waals surface area contributed by atoms with Crippen LogP contribution in [0.2, 0.25) is 5.02 Å². The molecule has 0 bridgehead atoms. The molecular formula is C13H19ClN2. The lowest BCUT2D eigenvalue weighted by Crippen LogP contribution is -2.35. The molecule has 0 heterocycles. The van der Waals surface area contributed by atoms with Gasteiger partial charge in [-0.05, 0) is 42.9 Å². The maximum absolute atomic E-state index is 5.95. The van der Waals surface area contributed by atoms with Crippen LogP contribution in [0.4, 0.5) is 11.4 Å². The summed E-state index contributed by atoms with van der Waals surface area (Å²) in [6, 6.07) is 5.57. The van der Waals surface area contributed by atoms with Gasteiger partial charge in [-0.25, -0.2) is 0 Å². The molecular weight excluding hydrogens is 220 g/mol. The van der Waals surface area contributed by atoms with Crippen LogP contribution in [-0.2, 0) is 0 Å². The van der Waals surface area contributed by atoms with Crippen molar-refractivity contribution in [1.82, 2.24) is 0 Å². The van der Waals surface area contributed by atoms with Gasteiger partial charge in [-0.15, -0.1) is 0 Å². The van der Waals surface area contributed by atoms with E-state index in [1.165, 1.54) is 25.7 Å². The van der Waals surface area contributed by atoms with Gasteiger partial charge in [0.25, 0.3) is 0 Å². The minimum absolute atomic E-state index is 0.495. The van der Waals surface area contributed by atoms with Crippen LogP contribution in [0.15, 0.2) is 18.2 Å². The number of nitrogens with one attached hydrogen (secondary N) is 1. The molecule has 2 nitrogen and oxygen atoms in total. The molecule has 0 saturated heterocycles. The van der Waals surface area contributed by atoms with Crippen molar-refractivity contribution < 1.29 is 0 Å². The molecule has 0 amide bonds. The van der Waals surface area contributed by atoms with E-state index in [-0.39, 0.29) is 0 Å². The normalized spacial score (nSPS) is 17.9. The van der Waals surface area contributed by atoms with Gasteiger partial charge in [-0.2, -0.15) is 0 Å². The second-order valence-corrected chi connectivity index (χ2v) is 5.23. The molecule has 0 spiro atoms. The molecule has 1 aromatic rings.